The Hall–Kier alpha value is -1.96. The van der Waals surface area contributed by atoms with Gasteiger partial charge in [0.05, 0.1) is 0 Å². The van der Waals surface area contributed by atoms with Crippen LogP contribution in [-0.4, -0.2) is 44.6 Å². The number of hydrogen-bond acceptors (Lipinski definition) is 5. The molecule has 1 aromatic carbocycles. The molecule has 7 heteroatoms. The largest absolute Gasteiger partial charge is 0.479 e. The summed E-state index contributed by atoms with van der Waals surface area (Å²) in [5.41, 5.74) is 6.54. The third-order valence-electron chi connectivity index (χ3n) is 1.88. The van der Waals surface area contributed by atoms with Crippen LogP contribution < -0.4 is 5.73 Å². The quantitative estimate of drug-likeness (QED) is 0.467. The van der Waals surface area contributed by atoms with Gasteiger partial charge in [-0.05, 0) is 5.56 Å². The van der Waals surface area contributed by atoms with Crippen LogP contribution in [0, 0.1) is 0 Å². The molecule has 0 saturated carbocycles. The number of aliphatic carboxylic acids is 2. The van der Waals surface area contributed by atoms with Gasteiger partial charge >= 0.3 is 11.9 Å². The van der Waals surface area contributed by atoms with Crippen molar-refractivity contribution in [1.29, 1.82) is 0 Å². The predicted octanol–water partition coefficient (Wildman–Crippen LogP) is -0.977. The minimum atomic E-state index is -2.27. The van der Waals surface area contributed by atoms with Gasteiger partial charge in [-0.3, -0.25) is 0 Å². The Kier molecular flexibility index (Phi) is 7.29. The highest BCUT2D eigenvalue weighted by molar-refractivity contribution is 5.83. The molecule has 7 nitrogen and oxygen atoms in total. The van der Waals surface area contributed by atoms with Gasteiger partial charge in [0.25, 0.3) is 0 Å². The lowest BCUT2D eigenvalue weighted by molar-refractivity contribution is -0.165. The Balaban J connectivity index is 0.000000327. The van der Waals surface area contributed by atoms with Crippen molar-refractivity contribution in [2.24, 2.45) is 5.73 Å². The van der Waals surface area contributed by atoms with E-state index in [2.05, 4.69) is 0 Å². The second kappa shape index (κ2) is 8.18. The fourth-order valence-corrected chi connectivity index (χ4v) is 0.884. The summed E-state index contributed by atoms with van der Waals surface area (Å²) in [6.45, 7) is 0.640. The number of carbonyl (C=O) groups is 2. The molecule has 0 unspecified atom stereocenters. The third-order valence-corrected chi connectivity index (χ3v) is 1.88. The number of benzene rings is 1. The van der Waals surface area contributed by atoms with Crippen molar-refractivity contribution < 1.29 is 30.0 Å². The number of carboxylic acids is 2. The summed E-state index contributed by atoms with van der Waals surface area (Å²) in [5.74, 6) is -3.54. The highest BCUT2D eigenvalue weighted by Gasteiger charge is 2.29. The van der Waals surface area contributed by atoms with E-state index in [0.29, 0.717) is 6.54 Å². The Bertz CT molecular complexity index is 362. The summed E-state index contributed by atoms with van der Waals surface area (Å²) in [6.07, 6.45) is -4.53. The molecule has 0 radical (unpaired) electrons. The van der Waals surface area contributed by atoms with Gasteiger partial charge < -0.3 is 26.2 Å². The van der Waals surface area contributed by atoms with E-state index in [1.807, 2.05) is 30.3 Å². The van der Waals surface area contributed by atoms with Crippen LogP contribution >= 0.6 is 0 Å². The molecule has 0 fully saturated rings. The molecule has 0 aromatic heterocycles. The molecule has 0 aliphatic rings. The van der Waals surface area contributed by atoms with E-state index >= 15 is 0 Å². The Morgan fingerprint density at radius 1 is 1.00 bits per heavy atom. The molecule has 0 spiro atoms. The zero-order valence-corrected chi connectivity index (χ0v) is 9.43. The molecule has 2 atom stereocenters. The molecule has 1 rings (SSSR count). The predicted molar refractivity (Wildman–Crippen MR) is 61.6 cm³/mol. The number of carboxylic acid groups (broad SMARTS) is 2. The summed E-state index contributed by atoms with van der Waals surface area (Å²) in [5, 5.41) is 32.5. The maximum Gasteiger partial charge on any atom is 0.335 e. The van der Waals surface area contributed by atoms with Crippen LogP contribution in [0.25, 0.3) is 0 Å². The van der Waals surface area contributed by atoms with Gasteiger partial charge in [-0.25, -0.2) is 9.59 Å². The standard InChI is InChI=1S/C7H9N.C4H6O6/c8-6-7-4-2-1-3-5-7;5-1(3(7)8)2(6)4(9)10/h1-5H,6,8H2;1-2,5-6H,(H,7,8)(H,9,10)/t;1-,2-/m.1/s1. The summed E-state index contributed by atoms with van der Waals surface area (Å²) in [6, 6.07) is 9.99. The van der Waals surface area contributed by atoms with Crippen LogP contribution in [-0.2, 0) is 16.1 Å². The maximum atomic E-state index is 9.77. The smallest absolute Gasteiger partial charge is 0.335 e. The molecule has 0 aliphatic heterocycles. The summed E-state index contributed by atoms with van der Waals surface area (Å²) < 4.78 is 0. The first-order valence-electron chi connectivity index (χ1n) is 4.96. The average molecular weight is 257 g/mol. The number of hydrogen-bond donors (Lipinski definition) is 5. The first kappa shape index (κ1) is 16.0. The fraction of sp³-hybridized carbons (Fsp3) is 0.273. The van der Waals surface area contributed by atoms with E-state index in [1.165, 1.54) is 5.56 Å². The maximum absolute atomic E-state index is 9.77. The molecule has 18 heavy (non-hydrogen) atoms. The molecular weight excluding hydrogens is 242 g/mol. The van der Waals surface area contributed by atoms with Gasteiger partial charge in [0.2, 0.25) is 0 Å². The van der Waals surface area contributed by atoms with Crippen LogP contribution in [0.4, 0.5) is 0 Å². The average Bonchev–Trinajstić information content (AvgIpc) is 2.38. The van der Waals surface area contributed by atoms with Crippen molar-refractivity contribution in [3.8, 4) is 0 Å². The third kappa shape index (κ3) is 5.94. The van der Waals surface area contributed by atoms with Crippen molar-refractivity contribution in [3.63, 3.8) is 0 Å². The lowest BCUT2D eigenvalue weighted by Gasteiger charge is -2.07. The highest BCUT2D eigenvalue weighted by Crippen LogP contribution is 1.94. The number of aliphatic hydroxyl groups is 2. The molecule has 0 aliphatic carbocycles. The van der Waals surface area contributed by atoms with E-state index in [4.69, 9.17) is 26.2 Å². The van der Waals surface area contributed by atoms with Gasteiger partial charge in [-0.2, -0.15) is 0 Å². The Labute approximate surface area is 103 Å². The molecule has 1 aromatic rings. The van der Waals surface area contributed by atoms with Crippen LogP contribution in [0.5, 0.6) is 0 Å². The number of rotatable bonds is 4. The molecule has 6 N–H and O–H groups in total. The topological polar surface area (TPSA) is 141 Å². The van der Waals surface area contributed by atoms with Crippen LogP contribution in [0.2, 0.25) is 0 Å². The Morgan fingerprint density at radius 2 is 1.39 bits per heavy atom. The van der Waals surface area contributed by atoms with E-state index in [1.54, 1.807) is 0 Å². The van der Waals surface area contributed by atoms with Gasteiger partial charge in [0, 0.05) is 6.54 Å². The Morgan fingerprint density at radius 3 is 1.61 bits per heavy atom. The lowest BCUT2D eigenvalue weighted by Crippen LogP contribution is -2.39. The van der Waals surface area contributed by atoms with Crippen molar-refractivity contribution in [1.82, 2.24) is 0 Å². The van der Waals surface area contributed by atoms with E-state index in [0.717, 1.165) is 0 Å². The molecule has 0 heterocycles. The van der Waals surface area contributed by atoms with E-state index < -0.39 is 24.1 Å². The summed E-state index contributed by atoms with van der Waals surface area (Å²) >= 11 is 0. The van der Waals surface area contributed by atoms with Gasteiger partial charge in [-0.1, -0.05) is 30.3 Å². The molecule has 0 amide bonds. The molecule has 0 saturated heterocycles. The first-order valence-corrected chi connectivity index (χ1v) is 4.96. The van der Waals surface area contributed by atoms with Crippen LogP contribution in [0.3, 0.4) is 0 Å². The van der Waals surface area contributed by atoms with Crippen molar-refractivity contribution in [2.45, 2.75) is 18.8 Å². The van der Waals surface area contributed by atoms with Crippen LogP contribution in [0.1, 0.15) is 5.56 Å². The zero-order chi connectivity index (χ0) is 14.1. The first-order chi connectivity index (χ1) is 8.40. The lowest BCUT2D eigenvalue weighted by atomic mass is 10.2. The molecule has 0 bridgehead atoms. The molecule has 100 valence electrons. The van der Waals surface area contributed by atoms with Gasteiger partial charge in [-0.15, -0.1) is 0 Å². The van der Waals surface area contributed by atoms with Gasteiger partial charge in [0.15, 0.2) is 12.2 Å². The summed E-state index contributed by atoms with van der Waals surface area (Å²) in [4.78, 5) is 19.5. The number of nitrogens with two attached hydrogens (primary N) is 1. The zero-order valence-electron chi connectivity index (χ0n) is 9.43. The highest BCUT2D eigenvalue weighted by atomic mass is 16.4. The van der Waals surface area contributed by atoms with E-state index in [9.17, 15) is 9.59 Å². The monoisotopic (exact) mass is 257 g/mol. The van der Waals surface area contributed by atoms with Crippen molar-refractivity contribution in [3.05, 3.63) is 35.9 Å². The summed E-state index contributed by atoms with van der Waals surface area (Å²) in [7, 11) is 0. The van der Waals surface area contributed by atoms with Crippen molar-refractivity contribution in [2.75, 3.05) is 0 Å². The van der Waals surface area contributed by atoms with Gasteiger partial charge in [0.1, 0.15) is 0 Å². The SMILES string of the molecule is NCc1ccccc1.O=C(O)[C@H](O)[C@@H](O)C(=O)O. The minimum absolute atomic E-state index is 0.640. The second-order valence-corrected chi connectivity index (χ2v) is 3.26. The molecular formula is C11H15NO6. The van der Waals surface area contributed by atoms with Crippen molar-refractivity contribution >= 4 is 11.9 Å². The number of aliphatic hydroxyl groups excluding tert-OH is 2. The van der Waals surface area contributed by atoms with Crippen LogP contribution in [0.15, 0.2) is 30.3 Å². The second-order valence-electron chi connectivity index (χ2n) is 3.26. The van der Waals surface area contributed by atoms with E-state index in [-0.39, 0.29) is 0 Å². The fourth-order valence-electron chi connectivity index (χ4n) is 0.884. The normalized spacial score (nSPS) is 12.8. The minimum Gasteiger partial charge on any atom is -0.479 e.